The number of nitrogens with zero attached hydrogens (tertiary/aromatic N) is 1. The van der Waals surface area contributed by atoms with E-state index in [4.69, 9.17) is 14.2 Å². The fourth-order valence-corrected chi connectivity index (χ4v) is 3.45. The molecule has 0 saturated heterocycles. The molecule has 0 N–H and O–H groups in total. The molecule has 4 heteroatoms. The van der Waals surface area contributed by atoms with Crippen LogP contribution in [0.15, 0.2) is 72.8 Å². The van der Waals surface area contributed by atoms with Crippen molar-refractivity contribution >= 4 is 17.1 Å². The highest BCUT2D eigenvalue weighted by atomic mass is 16.5. The molecule has 0 atom stereocenters. The van der Waals surface area contributed by atoms with Crippen molar-refractivity contribution < 1.29 is 14.2 Å². The van der Waals surface area contributed by atoms with Gasteiger partial charge in [-0.3, -0.25) is 4.90 Å². The molecular weight excluding hydrogens is 422 g/mol. The minimum absolute atomic E-state index is 0.421. The van der Waals surface area contributed by atoms with Crippen molar-refractivity contribution in [1.29, 1.82) is 0 Å². The summed E-state index contributed by atoms with van der Waals surface area (Å²) >= 11 is 0. The van der Waals surface area contributed by atoms with E-state index in [1.165, 1.54) is 0 Å². The fraction of sp³-hybridized carbons (Fsp3) is 0.400. The number of rotatable bonds is 12. The predicted molar refractivity (Wildman–Crippen MR) is 142 cm³/mol. The lowest BCUT2D eigenvalue weighted by Crippen LogP contribution is -2.16. The van der Waals surface area contributed by atoms with Gasteiger partial charge < -0.3 is 14.2 Å². The highest BCUT2D eigenvalue weighted by molar-refractivity contribution is 5.85. The summed E-state index contributed by atoms with van der Waals surface area (Å²) in [5, 5.41) is 0. The summed E-state index contributed by atoms with van der Waals surface area (Å²) in [5.41, 5.74) is 2.85. The van der Waals surface area contributed by atoms with Crippen molar-refractivity contribution in [3.8, 4) is 17.2 Å². The quantitative estimate of drug-likeness (QED) is 0.272. The van der Waals surface area contributed by atoms with Crippen molar-refractivity contribution in [2.45, 2.75) is 41.5 Å². The molecule has 3 aromatic carbocycles. The van der Waals surface area contributed by atoms with Gasteiger partial charge in [0.05, 0.1) is 36.9 Å². The molecule has 182 valence electrons. The Morgan fingerprint density at radius 3 is 1.00 bits per heavy atom. The molecule has 0 aliphatic rings. The van der Waals surface area contributed by atoms with Crippen LogP contribution in [0.25, 0.3) is 0 Å². The Balaban J connectivity index is 2.17. The molecule has 0 aliphatic heterocycles. The first-order valence-electron chi connectivity index (χ1n) is 12.3. The maximum atomic E-state index is 6.28. The van der Waals surface area contributed by atoms with Gasteiger partial charge in [0.2, 0.25) is 0 Å². The Bertz CT molecular complexity index is 897. The maximum Gasteiger partial charge on any atom is 0.143 e. The Labute approximate surface area is 205 Å². The number of hydrogen-bond acceptors (Lipinski definition) is 4. The zero-order valence-electron chi connectivity index (χ0n) is 21.5. The molecule has 0 saturated carbocycles. The van der Waals surface area contributed by atoms with Gasteiger partial charge in [-0.2, -0.15) is 0 Å². The van der Waals surface area contributed by atoms with E-state index in [9.17, 15) is 0 Å². The molecule has 3 rings (SSSR count). The molecule has 0 aliphatic carbocycles. The highest BCUT2D eigenvalue weighted by Crippen LogP contribution is 2.47. The smallest absolute Gasteiger partial charge is 0.143 e. The van der Waals surface area contributed by atoms with Crippen molar-refractivity contribution in [1.82, 2.24) is 0 Å². The van der Waals surface area contributed by atoms with Crippen LogP contribution in [-0.4, -0.2) is 19.8 Å². The van der Waals surface area contributed by atoms with E-state index in [1.807, 2.05) is 54.6 Å². The summed E-state index contributed by atoms with van der Waals surface area (Å²) in [5.74, 6) is 3.75. The molecule has 0 unspecified atom stereocenters. The molecule has 0 radical (unpaired) electrons. The Morgan fingerprint density at radius 2 is 0.735 bits per heavy atom. The monoisotopic (exact) mass is 461 g/mol. The molecule has 0 bridgehead atoms. The van der Waals surface area contributed by atoms with Gasteiger partial charge in [0.25, 0.3) is 0 Å². The van der Waals surface area contributed by atoms with Gasteiger partial charge in [-0.1, -0.05) is 77.9 Å². The van der Waals surface area contributed by atoms with E-state index in [1.54, 1.807) is 0 Å². The molecule has 0 fully saturated rings. The van der Waals surface area contributed by atoms with Gasteiger partial charge in [-0.05, 0) is 54.2 Å². The SMILES string of the molecule is CC(C)COc1ccccc1N(c1ccccc1OCC(C)C)c1ccccc1OCC(C)C. The van der Waals surface area contributed by atoms with Crippen LogP contribution in [0.4, 0.5) is 17.1 Å². The topological polar surface area (TPSA) is 30.9 Å². The number of para-hydroxylation sites is 6. The summed E-state index contributed by atoms with van der Waals surface area (Å²) in [4.78, 5) is 2.20. The van der Waals surface area contributed by atoms with Crippen LogP contribution >= 0.6 is 0 Å². The number of benzene rings is 3. The van der Waals surface area contributed by atoms with Crippen molar-refractivity contribution in [2.24, 2.45) is 17.8 Å². The largest absolute Gasteiger partial charge is 0.491 e. The first-order chi connectivity index (χ1) is 16.4. The van der Waals surface area contributed by atoms with Gasteiger partial charge in [0.1, 0.15) is 17.2 Å². The van der Waals surface area contributed by atoms with Crippen LogP contribution in [0.3, 0.4) is 0 Å². The van der Waals surface area contributed by atoms with Crippen LogP contribution in [-0.2, 0) is 0 Å². The fourth-order valence-electron chi connectivity index (χ4n) is 3.45. The van der Waals surface area contributed by atoms with E-state index in [0.717, 1.165) is 34.3 Å². The van der Waals surface area contributed by atoms with Crippen molar-refractivity contribution in [3.05, 3.63) is 72.8 Å². The maximum absolute atomic E-state index is 6.28. The van der Waals surface area contributed by atoms with Crippen LogP contribution in [0.2, 0.25) is 0 Å². The molecule has 0 amide bonds. The molecule has 0 heterocycles. The van der Waals surface area contributed by atoms with Gasteiger partial charge >= 0.3 is 0 Å². The third-order valence-corrected chi connectivity index (χ3v) is 5.03. The van der Waals surface area contributed by atoms with Gasteiger partial charge in [-0.15, -0.1) is 0 Å². The second-order valence-electron chi connectivity index (χ2n) is 9.85. The van der Waals surface area contributed by atoms with Crippen LogP contribution in [0, 0.1) is 17.8 Å². The summed E-state index contributed by atoms with van der Waals surface area (Å²) in [7, 11) is 0. The number of anilines is 3. The predicted octanol–water partition coefficient (Wildman–Crippen LogP) is 8.26. The minimum Gasteiger partial charge on any atom is -0.491 e. The molecule has 3 aromatic rings. The second-order valence-corrected chi connectivity index (χ2v) is 9.85. The zero-order valence-corrected chi connectivity index (χ0v) is 21.5. The van der Waals surface area contributed by atoms with Crippen LogP contribution in [0.5, 0.6) is 17.2 Å². The number of hydrogen-bond donors (Lipinski definition) is 0. The van der Waals surface area contributed by atoms with Gasteiger partial charge in [-0.25, -0.2) is 0 Å². The lowest BCUT2D eigenvalue weighted by Gasteiger charge is -2.30. The summed E-state index contributed by atoms with van der Waals surface area (Å²) < 4.78 is 18.8. The second kappa shape index (κ2) is 12.4. The van der Waals surface area contributed by atoms with Gasteiger partial charge in [0.15, 0.2) is 0 Å². The Morgan fingerprint density at radius 1 is 0.471 bits per heavy atom. The van der Waals surface area contributed by atoms with Gasteiger partial charge in [0, 0.05) is 0 Å². The first-order valence-corrected chi connectivity index (χ1v) is 12.3. The molecular formula is C30H39NO3. The standard InChI is InChI=1S/C30H39NO3/c1-22(2)19-32-28-16-10-7-13-25(28)31(26-14-8-11-17-29(26)33-20-23(3)4)27-15-9-12-18-30(27)34-21-24(5)6/h7-18,22-24H,19-21H2,1-6H3. The van der Waals surface area contributed by atoms with E-state index in [-0.39, 0.29) is 0 Å². The third kappa shape index (κ3) is 6.93. The molecule has 0 aromatic heterocycles. The number of ether oxygens (including phenoxy) is 3. The van der Waals surface area contributed by atoms with E-state index >= 15 is 0 Å². The highest BCUT2D eigenvalue weighted by Gasteiger charge is 2.23. The Hall–Kier alpha value is -3.14. The third-order valence-electron chi connectivity index (χ3n) is 5.03. The summed E-state index contributed by atoms with van der Waals surface area (Å²) in [6.07, 6.45) is 0. The molecule has 34 heavy (non-hydrogen) atoms. The van der Waals surface area contributed by atoms with Crippen molar-refractivity contribution in [3.63, 3.8) is 0 Å². The average molecular weight is 462 g/mol. The average Bonchev–Trinajstić information content (AvgIpc) is 2.82. The summed E-state index contributed by atoms with van der Waals surface area (Å²) in [6.45, 7) is 14.9. The normalized spacial score (nSPS) is 11.2. The lowest BCUT2D eigenvalue weighted by atomic mass is 10.1. The summed E-state index contributed by atoms with van der Waals surface area (Å²) in [6, 6.07) is 24.5. The van der Waals surface area contributed by atoms with E-state index in [0.29, 0.717) is 37.6 Å². The van der Waals surface area contributed by atoms with E-state index < -0.39 is 0 Å². The lowest BCUT2D eigenvalue weighted by molar-refractivity contribution is 0.268. The Kier molecular flexibility index (Phi) is 9.26. The van der Waals surface area contributed by atoms with Crippen LogP contribution < -0.4 is 19.1 Å². The van der Waals surface area contributed by atoms with Crippen molar-refractivity contribution in [2.75, 3.05) is 24.7 Å². The van der Waals surface area contributed by atoms with Crippen LogP contribution in [0.1, 0.15) is 41.5 Å². The molecule has 0 spiro atoms. The first kappa shape index (κ1) is 25.5. The minimum atomic E-state index is 0.421. The van der Waals surface area contributed by atoms with E-state index in [2.05, 4.69) is 64.6 Å². The molecule has 4 nitrogen and oxygen atoms in total. The zero-order chi connectivity index (χ0) is 24.5.